The number of nitrogens with one attached hydrogen (secondary N) is 2. The van der Waals surface area contributed by atoms with E-state index in [2.05, 4.69) is 10.3 Å². The van der Waals surface area contributed by atoms with E-state index in [0.717, 1.165) is 6.42 Å². The Morgan fingerprint density at radius 3 is 2.89 bits per heavy atom. The average molecular weight is 245 g/mol. The number of hydrogen-bond donors (Lipinski definition) is 4. The largest absolute Gasteiger partial charge is 0.478 e. The Kier molecular flexibility index (Phi) is 3.52. The number of rotatable bonds is 5. The van der Waals surface area contributed by atoms with Crippen LogP contribution < -0.4 is 11.1 Å². The molecule has 1 heterocycles. The van der Waals surface area contributed by atoms with Gasteiger partial charge in [-0.2, -0.15) is 0 Å². The van der Waals surface area contributed by atoms with E-state index < -0.39 is 5.97 Å². The molecule has 94 valence electrons. The normalized spacial score (nSPS) is 10.2. The van der Waals surface area contributed by atoms with E-state index in [1.165, 1.54) is 11.6 Å². The lowest BCUT2D eigenvalue weighted by Gasteiger charge is -2.09. The van der Waals surface area contributed by atoms with Gasteiger partial charge in [-0.15, -0.1) is 0 Å². The molecule has 18 heavy (non-hydrogen) atoms. The van der Waals surface area contributed by atoms with E-state index in [9.17, 15) is 4.79 Å². The van der Waals surface area contributed by atoms with Crippen LogP contribution in [0.3, 0.4) is 0 Å². The highest BCUT2D eigenvalue weighted by molar-refractivity contribution is 5.90. The number of carbonyl (C=O) groups is 1. The number of carboxylic acid groups (broad SMARTS) is 1. The number of benzene rings is 1. The molecule has 1 aromatic heterocycles. The Balaban J connectivity index is 2.00. The number of hydrogen-bond acceptors (Lipinski definition) is 3. The highest BCUT2D eigenvalue weighted by Crippen LogP contribution is 2.20. The summed E-state index contributed by atoms with van der Waals surface area (Å²) >= 11 is 0. The molecule has 0 unspecified atom stereocenters. The Bertz CT molecular complexity index is 535. The highest BCUT2D eigenvalue weighted by atomic mass is 16.4. The monoisotopic (exact) mass is 245 g/mol. The maximum absolute atomic E-state index is 10.9. The molecule has 0 aliphatic carbocycles. The Morgan fingerprint density at radius 2 is 2.22 bits per heavy atom. The standard InChI is InChI=1S/C13H15N3O2/c14-11-2-1-10(13(17)18)7-12(11)16-6-4-9-3-5-15-8-9/h1-3,5,7-8,15-16H,4,6,14H2,(H,17,18). The molecule has 0 aliphatic heterocycles. The van der Waals surface area contributed by atoms with Crippen molar-refractivity contribution in [3.63, 3.8) is 0 Å². The van der Waals surface area contributed by atoms with Gasteiger partial charge >= 0.3 is 5.97 Å². The first-order valence-electron chi connectivity index (χ1n) is 5.65. The van der Waals surface area contributed by atoms with E-state index in [-0.39, 0.29) is 5.56 Å². The number of aromatic carboxylic acids is 1. The quantitative estimate of drug-likeness (QED) is 0.606. The molecule has 0 spiro atoms. The van der Waals surface area contributed by atoms with E-state index in [4.69, 9.17) is 10.8 Å². The van der Waals surface area contributed by atoms with Crippen LogP contribution in [0.4, 0.5) is 11.4 Å². The van der Waals surface area contributed by atoms with Crippen LogP contribution in [0.2, 0.25) is 0 Å². The number of H-pyrrole nitrogens is 1. The molecule has 0 saturated heterocycles. The maximum atomic E-state index is 10.9. The third-order valence-electron chi connectivity index (χ3n) is 2.69. The smallest absolute Gasteiger partial charge is 0.335 e. The van der Waals surface area contributed by atoms with Crippen LogP contribution in [0, 0.1) is 0 Å². The van der Waals surface area contributed by atoms with Crippen LogP contribution in [-0.2, 0) is 6.42 Å². The van der Waals surface area contributed by atoms with Gasteiger partial charge in [-0.25, -0.2) is 4.79 Å². The first-order valence-corrected chi connectivity index (χ1v) is 5.65. The summed E-state index contributed by atoms with van der Waals surface area (Å²) in [5.74, 6) is -0.955. The number of anilines is 2. The Labute approximate surface area is 105 Å². The third kappa shape index (κ3) is 2.82. The second-order valence-electron chi connectivity index (χ2n) is 4.00. The first-order chi connectivity index (χ1) is 8.66. The van der Waals surface area contributed by atoms with Crippen molar-refractivity contribution in [3.05, 3.63) is 47.8 Å². The summed E-state index contributed by atoms with van der Waals surface area (Å²) in [6.07, 6.45) is 4.65. The lowest BCUT2D eigenvalue weighted by atomic mass is 10.1. The Morgan fingerprint density at radius 1 is 1.39 bits per heavy atom. The molecule has 0 saturated carbocycles. The predicted molar refractivity (Wildman–Crippen MR) is 70.8 cm³/mol. The van der Waals surface area contributed by atoms with Crippen molar-refractivity contribution in [1.82, 2.24) is 4.98 Å². The van der Waals surface area contributed by atoms with Crippen molar-refractivity contribution in [2.24, 2.45) is 0 Å². The minimum absolute atomic E-state index is 0.230. The van der Waals surface area contributed by atoms with Crippen LogP contribution in [0.25, 0.3) is 0 Å². The molecule has 5 nitrogen and oxygen atoms in total. The minimum Gasteiger partial charge on any atom is -0.478 e. The molecule has 2 rings (SSSR count). The summed E-state index contributed by atoms with van der Waals surface area (Å²) < 4.78 is 0. The molecule has 0 bridgehead atoms. The van der Waals surface area contributed by atoms with E-state index >= 15 is 0 Å². The van der Waals surface area contributed by atoms with Gasteiger partial charge in [-0.05, 0) is 36.2 Å². The summed E-state index contributed by atoms with van der Waals surface area (Å²) in [5, 5.41) is 12.0. The van der Waals surface area contributed by atoms with Gasteiger partial charge in [0.05, 0.1) is 16.9 Å². The maximum Gasteiger partial charge on any atom is 0.335 e. The molecular weight excluding hydrogens is 230 g/mol. The molecule has 0 radical (unpaired) electrons. The van der Waals surface area contributed by atoms with Crippen LogP contribution in [0.15, 0.2) is 36.7 Å². The summed E-state index contributed by atoms with van der Waals surface area (Å²) in [5.41, 5.74) is 8.42. The summed E-state index contributed by atoms with van der Waals surface area (Å²) in [6, 6.07) is 6.64. The highest BCUT2D eigenvalue weighted by Gasteiger charge is 2.06. The molecule has 0 atom stereocenters. The molecule has 5 N–H and O–H groups in total. The van der Waals surface area contributed by atoms with Gasteiger partial charge in [0.25, 0.3) is 0 Å². The second kappa shape index (κ2) is 5.27. The molecule has 5 heteroatoms. The van der Waals surface area contributed by atoms with Gasteiger partial charge in [0.2, 0.25) is 0 Å². The molecule has 0 fully saturated rings. The zero-order valence-corrected chi connectivity index (χ0v) is 9.81. The molecule has 2 aromatic rings. The van der Waals surface area contributed by atoms with Gasteiger partial charge in [0.1, 0.15) is 0 Å². The lowest BCUT2D eigenvalue weighted by molar-refractivity contribution is 0.0697. The molecule has 0 amide bonds. The SMILES string of the molecule is Nc1ccc(C(=O)O)cc1NCCc1cc[nH]c1. The van der Waals surface area contributed by atoms with Gasteiger partial charge in [-0.1, -0.05) is 0 Å². The fraction of sp³-hybridized carbons (Fsp3) is 0.154. The van der Waals surface area contributed by atoms with Crippen molar-refractivity contribution in [2.75, 3.05) is 17.6 Å². The van der Waals surface area contributed by atoms with Crippen LogP contribution in [-0.4, -0.2) is 22.6 Å². The summed E-state index contributed by atoms with van der Waals surface area (Å²) in [4.78, 5) is 13.8. The van der Waals surface area contributed by atoms with Gasteiger partial charge < -0.3 is 21.1 Å². The number of aromatic amines is 1. The predicted octanol–water partition coefficient (Wildman–Crippen LogP) is 1.95. The number of nitrogens with two attached hydrogens (primary N) is 1. The van der Waals surface area contributed by atoms with Crippen molar-refractivity contribution < 1.29 is 9.90 Å². The molecular formula is C13H15N3O2. The minimum atomic E-state index is -0.955. The van der Waals surface area contributed by atoms with Gasteiger partial charge in [0.15, 0.2) is 0 Å². The Hall–Kier alpha value is -2.43. The lowest BCUT2D eigenvalue weighted by Crippen LogP contribution is -2.08. The molecule has 1 aromatic carbocycles. The van der Waals surface area contributed by atoms with Crippen molar-refractivity contribution in [2.45, 2.75) is 6.42 Å². The topological polar surface area (TPSA) is 91.1 Å². The van der Waals surface area contributed by atoms with Crippen molar-refractivity contribution in [3.8, 4) is 0 Å². The average Bonchev–Trinajstić information content (AvgIpc) is 2.84. The van der Waals surface area contributed by atoms with E-state index in [1.807, 2.05) is 18.5 Å². The number of nitrogen functional groups attached to an aromatic ring is 1. The third-order valence-corrected chi connectivity index (χ3v) is 2.69. The number of carboxylic acids is 1. The van der Waals surface area contributed by atoms with Gasteiger partial charge in [-0.3, -0.25) is 0 Å². The van der Waals surface area contributed by atoms with Crippen LogP contribution in [0.1, 0.15) is 15.9 Å². The zero-order chi connectivity index (χ0) is 13.0. The molecule has 0 aliphatic rings. The second-order valence-corrected chi connectivity index (χ2v) is 4.00. The van der Waals surface area contributed by atoms with E-state index in [0.29, 0.717) is 17.9 Å². The number of aromatic nitrogens is 1. The van der Waals surface area contributed by atoms with Crippen LogP contribution >= 0.6 is 0 Å². The van der Waals surface area contributed by atoms with E-state index in [1.54, 1.807) is 12.1 Å². The first kappa shape index (κ1) is 12.0. The van der Waals surface area contributed by atoms with Crippen molar-refractivity contribution in [1.29, 1.82) is 0 Å². The zero-order valence-electron chi connectivity index (χ0n) is 9.81. The van der Waals surface area contributed by atoms with Gasteiger partial charge in [0, 0.05) is 18.9 Å². The summed E-state index contributed by atoms with van der Waals surface area (Å²) in [6.45, 7) is 0.700. The van der Waals surface area contributed by atoms with Crippen molar-refractivity contribution >= 4 is 17.3 Å². The fourth-order valence-electron chi connectivity index (χ4n) is 1.70. The van der Waals surface area contributed by atoms with Crippen LogP contribution in [0.5, 0.6) is 0 Å². The fourth-order valence-corrected chi connectivity index (χ4v) is 1.70. The summed E-state index contributed by atoms with van der Waals surface area (Å²) in [7, 11) is 0.